The molecule has 41 heavy (non-hydrogen) atoms. The van der Waals surface area contributed by atoms with Crippen LogP contribution in [0.5, 0.6) is 0 Å². The lowest BCUT2D eigenvalue weighted by atomic mass is 9.87. The summed E-state index contributed by atoms with van der Waals surface area (Å²) in [4.78, 5) is 46.0. The summed E-state index contributed by atoms with van der Waals surface area (Å²) in [7, 11) is 1.56. The maximum absolute atomic E-state index is 13.7. The summed E-state index contributed by atoms with van der Waals surface area (Å²) in [6.45, 7) is 10.5. The van der Waals surface area contributed by atoms with Crippen LogP contribution in [0.3, 0.4) is 0 Å². The first-order chi connectivity index (χ1) is 17.6. The molecule has 0 radical (unpaired) electrons. The topological polar surface area (TPSA) is 91.4 Å². The van der Waals surface area contributed by atoms with Crippen LogP contribution in [0.25, 0.3) is 0 Å². The van der Waals surface area contributed by atoms with E-state index in [2.05, 4.69) is 15.1 Å². The van der Waals surface area contributed by atoms with Crippen molar-refractivity contribution in [3.8, 4) is 0 Å². The highest BCUT2D eigenvalue weighted by molar-refractivity contribution is 7.59. The molecular weight excluding hydrogens is 601 g/mol. The molecule has 4 fully saturated rings. The normalized spacial score (nSPS) is 24.7. The van der Waals surface area contributed by atoms with Gasteiger partial charge in [-0.3, -0.25) is 19.3 Å². The van der Waals surface area contributed by atoms with Gasteiger partial charge in [-0.1, -0.05) is 20.8 Å². The molecule has 13 heteroatoms. The van der Waals surface area contributed by atoms with Crippen molar-refractivity contribution >= 4 is 77.3 Å². The van der Waals surface area contributed by atoms with Crippen molar-refractivity contribution < 1.29 is 23.9 Å². The third-order valence-corrected chi connectivity index (χ3v) is 8.02. The summed E-state index contributed by atoms with van der Waals surface area (Å²) in [5.74, 6) is -0.671. The molecule has 0 spiro atoms. The second-order valence-corrected chi connectivity index (χ2v) is 12.0. The summed E-state index contributed by atoms with van der Waals surface area (Å²) in [6, 6.07) is 7.03. The number of carbonyl (C=O) groups is 3. The molecule has 1 aromatic carbocycles. The number of ether oxygens (including phenoxy) is 2. The zero-order valence-electron chi connectivity index (χ0n) is 24.4. The number of anilines is 1. The second kappa shape index (κ2) is 15.6. The van der Waals surface area contributed by atoms with Gasteiger partial charge in [-0.05, 0) is 48.9 Å². The first-order valence-electron chi connectivity index (χ1n) is 13.5. The molecule has 1 saturated carbocycles. The number of amides is 2. The highest BCUT2D eigenvalue weighted by Gasteiger charge is 2.53. The number of nitrogens with one attached hydrogen (secondary N) is 1. The SMILES string of the molecule is CO[C@H]1CN(C(=O)[C@H](CC(C)(C)C)NC(=O)c2ccc(N3CCN(C4CC4)CC3)cc2)[C@@H]2C(=O)CO[C@H]12.S.S.S.S. The van der Waals surface area contributed by atoms with E-state index in [1.807, 2.05) is 45.0 Å². The van der Waals surface area contributed by atoms with Gasteiger partial charge in [-0.25, -0.2) is 0 Å². The quantitative estimate of drug-likeness (QED) is 0.485. The molecule has 9 nitrogen and oxygen atoms in total. The fraction of sp³-hybridized carbons (Fsp3) is 0.679. The first kappa shape index (κ1) is 37.9. The van der Waals surface area contributed by atoms with E-state index in [1.54, 1.807) is 12.0 Å². The zero-order valence-corrected chi connectivity index (χ0v) is 28.4. The highest BCUT2D eigenvalue weighted by atomic mass is 32.1. The van der Waals surface area contributed by atoms with Crippen molar-refractivity contribution in [3.05, 3.63) is 29.8 Å². The van der Waals surface area contributed by atoms with E-state index >= 15 is 0 Å². The van der Waals surface area contributed by atoms with Gasteiger partial charge < -0.3 is 24.6 Å². The number of hydrogen-bond donors (Lipinski definition) is 1. The Morgan fingerprint density at radius 1 is 1.02 bits per heavy atom. The van der Waals surface area contributed by atoms with Crippen LogP contribution in [0.2, 0.25) is 0 Å². The van der Waals surface area contributed by atoms with Gasteiger partial charge in [0.25, 0.3) is 5.91 Å². The fourth-order valence-corrected chi connectivity index (χ4v) is 5.91. The summed E-state index contributed by atoms with van der Waals surface area (Å²) in [5.41, 5.74) is 1.42. The largest absolute Gasteiger partial charge is 0.377 e. The lowest BCUT2D eigenvalue weighted by molar-refractivity contribution is -0.138. The van der Waals surface area contributed by atoms with Gasteiger partial charge in [-0.2, -0.15) is 54.0 Å². The molecule has 3 saturated heterocycles. The lowest BCUT2D eigenvalue weighted by Gasteiger charge is -2.36. The number of rotatable bonds is 7. The highest BCUT2D eigenvalue weighted by Crippen LogP contribution is 2.32. The number of benzene rings is 1. The second-order valence-electron chi connectivity index (χ2n) is 12.0. The average Bonchev–Trinajstić information content (AvgIpc) is 3.56. The molecule has 1 aromatic rings. The molecule has 4 aliphatic rings. The molecule has 0 bridgehead atoms. The molecule has 4 atom stereocenters. The van der Waals surface area contributed by atoms with Crippen LogP contribution in [0.1, 0.15) is 50.4 Å². The van der Waals surface area contributed by atoms with Crippen LogP contribution in [0.15, 0.2) is 24.3 Å². The van der Waals surface area contributed by atoms with Gasteiger partial charge in [0.15, 0.2) is 5.78 Å². The van der Waals surface area contributed by atoms with Crippen molar-refractivity contribution in [3.63, 3.8) is 0 Å². The number of hydrogen-bond acceptors (Lipinski definition) is 7. The van der Waals surface area contributed by atoms with Crippen LogP contribution in [-0.2, 0) is 19.1 Å². The minimum Gasteiger partial charge on any atom is -0.377 e. The van der Waals surface area contributed by atoms with E-state index in [-0.39, 0.29) is 96.3 Å². The molecule has 3 aliphatic heterocycles. The minimum absolute atomic E-state index is 0. The molecular formula is C28H48N4O5S4. The van der Waals surface area contributed by atoms with Crippen LogP contribution in [0, 0.1) is 5.41 Å². The molecule has 1 N–H and O–H groups in total. The number of Topliss-reactive ketones (excluding diaryl/α,β-unsaturated/α-hetero) is 1. The van der Waals surface area contributed by atoms with Gasteiger partial charge in [0.2, 0.25) is 5.91 Å². The molecule has 2 amide bonds. The molecule has 3 heterocycles. The van der Waals surface area contributed by atoms with Gasteiger partial charge in [-0.15, -0.1) is 0 Å². The van der Waals surface area contributed by atoms with Crippen molar-refractivity contribution in [2.75, 3.05) is 51.3 Å². The molecule has 1 aliphatic carbocycles. The van der Waals surface area contributed by atoms with Crippen LogP contribution in [0.4, 0.5) is 5.69 Å². The smallest absolute Gasteiger partial charge is 0.251 e. The Morgan fingerprint density at radius 2 is 1.63 bits per heavy atom. The van der Waals surface area contributed by atoms with E-state index in [9.17, 15) is 14.4 Å². The number of likely N-dealkylation sites (tertiary alicyclic amines) is 1. The van der Waals surface area contributed by atoms with E-state index < -0.39 is 18.2 Å². The predicted molar refractivity (Wildman–Crippen MR) is 181 cm³/mol. The zero-order chi connectivity index (χ0) is 26.3. The number of ketones is 1. The summed E-state index contributed by atoms with van der Waals surface area (Å²) < 4.78 is 11.1. The Labute approximate surface area is 272 Å². The number of fused-ring (bicyclic) bond motifs is 1. The van der Waals surface area contributed by atoms with Crippen molar-refractivity contribution in [2.24, 2.45) is 5.41 Å². The Hall–Kier alpha value is -1.09. The molecule has 234 valence electrons. The average molecular weight is 649 g/mol. The molecule has 0 unspecified atom stereocenters. The van der Waals surface area contributed by atoms with Crippen molar-refractivity contribution in [1.29, 1.82) is 0 Å². The summed E-state index contributed by atoms with van der Waals surface area (Å²) in [5, 5.41) is 2.97. The van der Waals surface area contributed by atoms with E-state index in [0.717, 1.165) is 37.9 Å². The van der Waals surface area contributed by atoms with E-state index in [4.69, 9.17) is 9.47 Å². The number of carbonyl (C=O) groups excluding carboxylic acids is 3. The standard InChI is InChI=1S/C28H40N4O5.4H2S/c1-28(2,3)15-21(27(35)32-16-23(36-4)25-24(32)22(33)17-37-25)29-26(34)18-5-7-19(8-6-18)30-11-13-31(14-12-30)20-9-10-20;;;;/h5-8,20-21,23-25H,9-17H2,1-4H3,(H,29,34);4*1H2/t21-,23-,24+,25+;;;;/m0..../s1. The Morgan fingerprint density at radius 3 is 2.17 bits per heavy atom. The van der Waals surface area contributed by atoms with Crippen LogP contribution >= 0.6 is 54.0 Å². The fourth-order valence-electron chi connectivity index (χ4n) is 5.91. The Balaban J connectivity index is 0.00000210. The van der Waals surface area contributed by atoms with E-state index in [0.29, 0.717) is 12.0 Å². The maximum Gasteiger partial charge on any atom is 0.251 e. The van der Waals surface area contributed by atoms with E-state index in [1.165, 1.54) is 12.8 Å². The maximum atomic E-state index is 13.7. The summed E-state index contributed by atoms with van der Waals surface area (Å²) in [6.07, 6.45) is 2.30. The molecule has 5 rings (SSSR count). The van der Waals surface area contributed by atoms with Crippen molar-refractivity contribution in [2.45, 2.75) is 70.4 Å². The third-order valence-electron chi connectivity index (χ3n) is 8.02. The Kier molecular flexibility index (Phi) is 14.4. The monoisotopic (exact) mass is 648 g/mol. The minimum atomic E-state index is -0.757. The van der Waals surface area contributed by atoms with Gasteiger partial charge >= 0.3 is 0 Å². The predicted octanol–water partition coefficient (Wildman–Crippen LogP) is 2.15. The number of nitrogens with zero attached hydrogens (tertiary/aromatic N) is 3. The van der Waals surface area contributed by atoms with Gasteiger partial charge in [0.1, 0.15) is 30.9 Å². The van der Waals surface area contributed by atoms with Gasteiger partial charge in [0, 0.05) is 50.6 Å². The Bertz CT molecular complexity index is 1030. The van der Waals surface area contributed by atoms with Crippen LogP contribution in [-0.4, -0.2) is 104 Å². The number of methoxy groups -OCH3 is 1. The van der Waals surface area contributed by atoms with Gasteiger partial charge in [0.05, 0.1) is 6.54 Å². The number of piperazine rings is 1. The molecule has 0 aromatic heterocycles. The van der Waals surface area contributed by atoms with Crippen LogP contribution < -0.4 is 10.2 Å². The first-order valence-corrected chi connectivity index (χ1v) is 13.5. The third kappa shape index (κ3) is 8.73. The van der Waals surface area contributed by atoms with Crippen molar-refractivity contribution in [1.82, 2.24) is 15.1 Å². The summed E-state index contributed by atoms with van der Waals surface area (Å²) >= 11 is 0. The lowest BCUT2D eigenvalue weighted by Crippen LogP contribution is -2.53.